The van der Waals surface area contributed by atoms with E-state index in [2.05, 4.69) is 20.5 Å². The summed E-state index contributed by atoms with van der Waals surface area (Å²) in [6, 6.07) is 10.6. The van der Waals surface area contributed by atoms with Crippen molar-refractivity contribution in [3.05, 3.63) is 59.9 Å². The van der Waals surface area contributed by atoms with Gasteiger partial charge in [-0.1, -0.05) is 18.2 Å². The fourth-order valence-electron chi connectivity index (χ4n) is 2.06. The lowest BCUT2D eigenvalue weighted by molar-refractivity contribution is 0.0699. The maximum atomic E-state index is 11.1. The molecule has 0 aliphatic heterocycles. The summed E-state index contributed by atoms with van der Waals surface area (Å²) in [6.07, 6.45) is 5.02. The molecule has 3 rings (SSSR count). The normalized spacial score (nSPS) is 11.0. The second-order valence-corrected chi connectivity index (χ2v) is 4.36. The number of anilines is 1. The lowest BCUT2D eigenvalue weighted by atomic mass is 10.1. The molecule has 3 aromatic rings. The van der Waals surface area contributed by atoms with Crippen molar-refractivity contribution in [3.63, 3.8) is 0 Å². The van der Waals surface area contributed by atoms with Crippen LogP contribution in [0.15, 0.2) is 53.9 Å². The molecule has 21 heavy (non-hydrogen) atoms. The van der Waals surface area contributed by atoms with Crippen LogP contribution < -0.4 is 5.43 Å². The molecule has 0 amide bonds. The molecule has 2 heterocycles. The van der Waals surface area contributed by atoms with Crippen molar-refractivity contribution in [1.29, 1.82) is 0 Å². The molecule has 6 heteroatoms. The van der Waals surface area contributed by atoms with Crippen molar-refractivity contribution in [2.75, 3.05) is 5.43 Å². The molecule has 2 aromatic heterocycles. The van der Waals surface area contributed by atoms with Gasteiger partial charge in [0.1, 0.15) is 5.82 Å². The first kappa shape index (κ1) is 12.9. The highest BCUT2D eigenvalue weighted by Gasteiger charge is 2.10. The number of pyridine rings is 1. The van der Waals surface area contributed by atoms with Crippen LogP contribution in [0.4, 0.5) is 5.82 Å². The van der Waals surface area contributed by atoms with Crippen LogP contribution in [0, 0.1) is 0 Å². The van der Waals surface area contributed by atoms with Gasteiger partial charge >= 0.3 is 5.97 Å². The Balaban J connectivity index is 1.88. The minimum Gasteiger partial charge on any atom is -0.478 e. The second kappa shape index (κ2) is 5.46. The van der Waals surface area contributed by atoms with Crippen LogP contribution in [0.1, 0.15) is 15.9 Å². The number of nitrogens with zero attached hydrogens (tertiary/aromatic N) is 2. The molecule has 0 unspecified atom stereocenters. The maximum absolute atomic E-state index is 11.1. The van der Waals surface area contributed by atoms with Gasteiger partial charge in [0.25, 0.3) is 0 Å². The molecule has 0 aliphatic rings. The number of carboxylic acid groups (broad SMARTS) is 1. The minimum absolute atomic E-state index is 0.241. The molecule has 1 aromatic carbocycles. The topological polar surface area (TPSA) is 90.4 Å². The first-order chi connectivity index (χ1) is 10.3. The smallest absolute Gasteiger partial charge is 0.337 e. The Kier molecular flexibility index (Phi) is 3.34. The zero-order valence-corrected chi connectivity index (χ0v) is 10.9. The predicted octanol–water partition coefficient (Wildman–Crippen LogP) is 2.71. The van der Waals surface area contributed by atoms with Crippen LogP contribution in [0.5, 0.6) is 0 Å². The summed E-state index contributed by atoms with van der Waals surface area (Å²) in [5, 5.41) is 14.1. The Labute approximate surface area is 120 Å². The fraction of sp³-hybridized carbons (Fsp3) is 0. The van der Waals surface area contributed by atoms with E-state index < -0.39 is 5.97 Å². The number of nitrogens with one attached hydrogen (secondary N) is 2. The summed E-state index contributed by atoms with van der Waals surface area (Å²) in [5.41, 5.74) is 4.44. The van der Waals surface area contributed by atoms with Gasteiger partial charge in [0.15, 0.2) is 0 Å². The molecule has 0 saturated carbocycles. The molecule has 0 atom stereocenters. The molecular formula is C15H12N4O2. The molecule has 0 radical (unpaired) electrons. The highest BCUT2D eigenvalue weighted by atomic mass is 16.4. The average Bonchev–Trinajstić information content (AvgIpc) is 2.91. The minimum atomic E-state index is -0.961. The summed E-state index contributed by atoms with van der Waals surface area (Å²) in [5.74, 6) is -0.322. The largest absolute Gasteiger partial charge is 0.478 e. The monoisotopic (exact) mass is 280 g/mol. The summed E-state index contributed by atoms with van der Waals surface area (Å²) in [4.78, 5) is 18.2. The SMILES string of the molecule is O=C(O)c1cccc2c(/C=N\Nc3ccccn3)c[nH]c12. The summed E-state index contributed by atoms with van der Waals surface area (Å²) < 4.78 is 0. The fourth-order valence-corrected chi connectivity index (χ4v) is 2.06. The van der Waals surface area contributed by atoms with Gasteiger partial charge < -0.3 is 10.1 Å². The van der Waals surface area contributed by atoms with E-state index in [0.717, 1.165) is 10.9 Å². The van der Waals surface area contributed by atoms with Crippen LogP contribution in [-0.4, -0.2) is 27.3 Å². The van der Waals surface area contributed by atoms with E-state index in [0.29, 0.717) is 11.3 Å². The average molecular weight is 280 g/mol. The third kappa shape index (κ3) is 2.59. The Hall–Kier alpha value is -3.15. The zero-order chi connectivity index (χ0) is 14.7. The van der Waals surface area contributed by atoms with E-state index in [9.17, 15) is 4.79 Å². The standard InChI is InChI=1S/C15H12N4O2/c20-15(21)12-5-3-4-11-10(8-17-14(11)12)9-18-19-13-6-1-2-7-16-13/h1-9,17H,(H,16,19)(H,20,21)/b18-9-. The van der Waals surface area contributed by atoms with Gasteiger partial charge in [0, 0.05) is 23.3 Å². The molecule has 0 aliphatic carbocycles. The first-order valence-electron chi connectivity index (χ1n) is 6.29. The van der Waals surface area contributed by atoms with Gasteiger partial charge in [-0.05, 0) is 18.2 Å². The lowest BCUT2D eigenvalue weighted by Gasteiger charge is -1.98. The number of para-hydroxylation sites is 1. The number of aromatic nitrogens is 2. The number of hydrazone groups is 1. The van der Waals surface area contributed by atoms with Crippen LogP contribution in [0.25, 0.3) is 10.9 Å². The van der Waals surface area contributed by atoms with Crippen molar-refractivity contribution in [3.8, 4) is 0 Å². The number of H-pyrrole nitrogens is 1. The quantitative estimate of drug-likeness (QED) is 0.506. The molecule has 3 N–H and O–H groups in total. The number of rotatable bonds is 4. The van der Waals surface area contributed by atoms with Gasteiger partial charge in [-0.15, -0.1) is 0 Å². The number of carboxylic acids is 1. The Morgan fingerprint density at radius 2 is 2.19 bits per heavy atom. The third-order valence-corrected chi connectivity index (χ3v) is 3.03. The van der Waals surface area contributed by atoms with Gasteiger partial charge in [-0.25, -0.2) is 9.78 Å². The van der Waals surface area contributed by atoms with E-state index in [4.69, 9.17) is 5.11 Å². The molecule has 0 bridgehead atoms. The van der Waals surface area contributed by atoms with Crippen molar-refractivity contribution < 1.29 is 9.90 Å². The van der Waals surface area contributed by atoms with Crippen molar-refractivity contribution >= 4 is 28.9 Å². The Morgan fingerprint density at radius 1 is 1.29 bits per heavy atom. The first-order valence-corrected chi connectivity index (χ1v) is 6.29. The number of benzene rings is 1. The van der Waals surface area contributed by atoms with Crippen molar-refractivity contribution in [2.45, 2.75) is 0 Å². The number of fused-ring (bicyclic) bond motifs is 1. The van der Waals surface area contributed by atoms with Crippen LogP contribution in [0.3, 0.4) is 0 Å². The lowest BCUT2D eigenvalue weighted by Crippen LogP contribution is -1.96. The molecule has 0 fully saturated rings. The van der Waals surface area contributed by atoms with Gasteiger partial charge in [0.05, 0.1) is 17.3 Å². The molecule has 0 spiro atoms. The number of hydrogen-bond donors (Lipinski definition) is 3. The number of aromatic amines is 1. The molecule has 6 nitrogen and oxygen atoms in total. The molecule has 104 valence electrons. The highest BCUT2D eigenvalue weighted by molar-refractivity contribution is 6.07. The van der Waals surface area contributed by atoms with Crippen LogP contribution in [0.2, 0.25) is 0 Å². The van der Waals surface area contributed by atoms with Gasteiger partial charge in [-0.2, -0.15) is 5.10 Å². The van der Waals surface area contributed by atoms with Crippen LogP contribution >= 0.6 is 0 Å². The predicted molar refractivity (Wildman–Crippen MR) is 80.7 cm³/mol. The van der Waals surface area contributed by atoms with E-state index in [1.54, 1.807) is 36.8 Å². The van der Waals surface area contributed by atoms with Crippen molar-refractivity contribution in [2.24, 2.45) is 5.10 Å². The second-order valence-electron chi connectivity index (χ2n) is 4.36. The molecule has 0 saturated heterocycles. The summed E-state index contributed by atoms with van der Waals surface area (Å²) in [7, 11) is 0. The Morgan fingerprint density at radius 3 is 2.95 bits per heavy atom. The van der Waals surface area contributed by atoms with Gasteiger partial charge in [-0.3, -0.25) is 5.43 Å². The van der Waals surface area contributed by atoms with Crippen LogP contribution in [-0.2, 0) is 0 Å². The number of hydrogen-bond acceptors (Lipinski definition) is 4. The van der Waals surface area contributed by atoms with Gasteiger partial charge in [0.2, 0.25) is 0 Å². The van der Waals surface area contributed by atoms with E-state index >= 15 is 0 Å². The highest BCUT2D eigenvalue weighted by Crippen LogP contribution is 2.20. The number of aromatic carboxylic acids is 1. The van der Waals surface area contributed by atoms with E-state index in [1.807, 2.05) is 18.2 Å². The summed E-state index contributed by atoms with van der Waals surface area (Å²) in [6.45, 7) is 0. The number of carbonyl (C=O) groups is 1. The molecular weight excluding hydrogens is 268 g/mol. The van der Waals surface area contributed by atoms with Crippen molar-refractivity contribution in [1.82, 2.24) is 9.97 Å². The Bertz CT molecular complexity index is 809. The third-order valence-electron chi connectivity index (χ3n) is 3.03. The van der Waals surface area contributed by atoms with E-state index in [-0.39, 0.29) is 5.56 Å². The van der Waals surface area contributed by atoms with E-state index in [1.165, 1.54) is 0 Å². The zero-order valence-electron chi connectivity index (χ0n) is 10.9. The summed E-state index contributed by atoms with van der Waals surface area (Å²) >= 11 is 0. The maximum Gasteiger partial charge on any atom is 0.337 e.